The summed E-state index contributed by atoms with van der Waals surface area (Å²) in [6, 6.07) is 5.26. The zero-order valence-electron chi connectivity index (χ0n) is 10.1. The number of hydrogen-bond acceptors (Lipinski definition) is 2. The van der Waals surface area contributed by atoms with Gasteiger partial charge in [0.2, 0.25) is 0 Å². The molecular formula is C13H19Cl2NO. The molecule has 0 aliphatic heterocycles. The van der Waals surface area contributed by atoms with E-state index in [2.05, 4.69) is 12.2 Å². The summed E-state index contributed by atoms with van der Waals surface area (Å²) >= 11 is 11.9. The van der Waals surface area contributed by atoms with Crippen LogP contribution in [0.4, 0.5) is 0 Å². The summed E-state index contributed by atoms with van der Waals surface area (Å²) in [4.78, 5) is 0. The highest BCUT2D eigenvalue weighted by molar-refractivity contribution is 6.34. The van der Waals surface area contributed by atoms with E-state index in [1.807, 2.05) is 0 Å². The number of halogens is 2. The van der Waals surface area contributed by atoms with Gasteiger partial charge in [0.05, 0.1) is 11.6 Å². The molecule has 0 amide bonds. The van der Waals surface area contributed by atoms with Crippen LogP contribution in [0.25, 0.3) is 0 Å². The van der Waals surface area contributed by atoms with Crippen LogP contribution in [0, 0.1) is 0 Å². The lowest BCUT2D eigenvalue weighted by atomic mass is 10.2. The normalized spacial score (nSPS) is 10.5. The Bertz CT molecular complexity index is 331. The van der Waals surface area contributed by atoms with Crippen molar-refractivity contribution >= 4 is 23.2 Å². The van der Waals surface area contributed by atoms with E-state index in [0.717, 1.165) is 25.9 Å². The van der Waals surface area contributed by atoms with E-state index >= 15 is 0 Å². The van der Waals surface area contributed by atoms with Gasteiger partial charge in [-0.05, 0) is 44.5 Å². The Labute approximate surface area is 113 Å². The summed E-state index contributed by atoms with van der Waals surface area (Å²) in [6.07, 6.45) is 3.37. The SMILES string of the molecule is CCNCCCCCOc1cc(Cl)ccc1Cl. The van der Waals surface area contributed by atoms with Crippen molar-refractivity contribution < 1.29 is 4.74 Å². The molecule has 0 heterocycles. The van der Waals surface area contributed by atoms with Crippen molar-refractivity contribution in [2.45, 2.75) is 26.2 Å². The lowest BCUT2D eigenvalue weighted by Crippen LogP contribution is -2.14. The molecule has 0 saturated carbocycles. The largest absolute Gasteiger partial charge is 0.492 e. The second-order valence-electron chi connectivity index (χ2n) is 3.84. The van der Waals surface area contributed by atoms with Gasteiger partial charge >= 0.3 is 0 Å². The molecule has 0 fully saturated rings. The van der Waals surface area contributed by atoms with Crippen LogP contribution in [0.5, 0.6) is 5.75 Å². The predicted molar refractivity (Wildman–Crippen MR) is 74.4 cm³/mol. The Morgan fingerprint density at radius 1 is 1.18 bits per heavy atom. The van der Waals surface area contributed by atoms with Crippen molar-refractivity contribution in [1.82, 2.24) is 5.32 Å². The first-order chi connectivity index (χ1) is 8.24. The number of nitrogens with one attached hydrogen (secondary N) is 1. The molecule has 1 N–H and O–H groups in total. The number of ether oxygens (including phenoxy) is 1. The third-order valence-electron chi connectivity index (χ3n) is 2.40. The summed E-state index contributed by atoms with van der Waals surface area (Å²) in [5, 5.41) is 4.56. The Kier molecular flexibility index (Phi) is 7.41. The zero-order valence-corrected chi connectivity index (χ0v) is 11.7. The van der Waals surface area contributed by atoms with Crippen molar-refractivity contribution in [2.75, 3.05) is 19.7 Å². The molecule has 0 aliphatic carbocycles. The van der Waals surface area contributed by atoms with E-state index < -0.39 is 0 Å². The fourth-order valence-electron chi connectivity index (χ4n) is 1.48. The van der Waals surface area contributed by atoms with Gasteiger partial charge < -0.3 is 10.1 Å². The second-order valence-corrected chi connectivity index (χ2v) is 4.68. The maximum atomic E-state index is 5.98. The smallest absolute Gasteiger partial charge is 0.139 e. The van der Waals surface area contributed by atoms with Crippen molar-refractivity contribution in [3.63, 3.8) is 0 Å². The Morgan fingerprint density at radius 2 is 2.00 bits per heavy atom. The molecule has 0 aromatic heterocycles. The van der Waals surface area contributed by atoms with Crippen LogP contribution in [0.3, 0.4) is 0 Å². The highest BCUT2D eigenvalue weighted by Gasteiger charge is 2.01. The van der Waals surface area contributed by atoms with Crippen LogP contribution in [-0.4, -0.2) is 19.7 Å². The molecular weight excluding hydrogens is 257 g/mol. The molecule has 0 unspecified atom stereocenters. The first-order valence-electron chi connectivity index (χ1n) is 6.02. The quantitative estimate of drug-likeness (QED) is 0.720. The first kappa shape index (κ1) is 14.6. The highest BCUT2D eigenvalue weighted by Crippen LogP contribution is 2.27. The topological polar surface area (TPSA) is 21.3 Å². The zero-order chi connectivity index (χ0) is 12.5. The van der Waals surface area contributed by atoms with Gasteiger partial charge in [-0.3, -0.25) is 0 Å². The molecule has 0 atom stereocenters. The molecule has 2 nitrogen and oxygen atoms in total. The van der Waals surface area contributed by atoms with Gasteiger partial charge in [0, 0.05) is 11.1 Å². The monoisotopic (exact) mass is 275 g/mol. The number of hydrogen-bond donors (Lipinski definition) is 1. The maximum absolute atomic E-state index is 5.98. The number of benzene rings is 1. The lowest BCUT2D eigenvalue weighted by Gasteiger charge is -2.08. The molecule has 0 saturated heterocycles. The molecule has 0 radical (unpaired) electrons. The van der Waals surface area contributed by atoms with Crippen molar-refractivity contribution in [3.8, 4) is 5.75 Å². The third kappa shape index (κ3) is 6.16. The summed E-state index contributed by atoms with van der Waals surface area (Å²) in [7, 11) is 0. The Hall–Kier alpha value is -0.440. The molecule has 1 aromatic carbocycles. The van der Waals surface area contributed by atoms with Gasteiger partial charge in [-0.1, -0.05) is 30.1 Å². The minimum atomic E-state index is 0.613. The maximum Gasteiger partial charge on any atom is 0.139 e. The molecule has 1 rings (SSSR count). The minimum Gasteiger partial charge on any atom is -0.492 e. The predicted octanol–water partition coefficient (Wildman–Crippen LogP) is 4.15. The fourth-order valence-corrected chi connectivity index (χ4v) is 1.81. The average molecular weight is 276 g/mol. The van der Waals surface area contributed by atoms with E-state index in [9.17, 15) is 0 Å². The third-order valence-corrected chi connectivity index (χ3v) is 2.95. The second kappa shape index (κ2) is 8.62. The van der Waals surface area contributed by atoms with E-state index in [-0.39, 0.29) is 0 Å². The van der Waals surface area contributed by atoms with Crippen LogP contribution in [-0.2, 0) is 0 Å². The number of unbranched alkanes of at least 4 members (excludes halogenated alkanes) is 2. The van der Waals surface area contributed by atoms with E-state index in [4.69, 9.17) is 27.9 Å². The molecule has 17 heavy (non-hydrogen) atoms. The van der Waals surface area contributed by atoms with Gasteiger partial charge in [-0.2, -0.15) is 0 Å². The highest BCUT2D eigenvalue weighted by atomic mass is 35.5. The van der Waals surface area contributed by atoms with E-state index in [0.29, 0.717) is 22.4 Å². The van der Waals surface area contributed by atoms with Crippen LogP contribution in [0.1, 0.15) is 26.2 Å². The molecule has 4 heteroatoms. The number of rotatable bonds is 8. The van der Waals surface area contributed by atoms with Crippen molar-refractivity contribution in [3.05, 3.63) is 28.2 Å². The van der Waals surface area contributed by atoms with Crippen molar-refractivity contribution in [2.24, 2.45) is 0 Å². The van der Waals surface area contributed by atoms with Crippen LogP contribution in [0.15, 0.2) is 18.2 Å². The minimum absolute atomic E-state index is 0.613. The molecule has 0 spiro atoms. The van der Waals surface area contributed by atoms with Gasteiger partial charge in [0.1, 0.15) is 5.75 Å². The molecule has 96 valence electrons. The van der Waals surface area contributed by atoms with Gasteiger partial charge in [-0.25, -0.2) is 0 Å². The van der Waals surface area contributed by atoms with Gasteiger partial charge in [0.25, 0.3) is 0 Å². The summed E-state index contributed by atoms with van der Waals surface area (Å²) in [6.45, 7) is 4.92. The summed E-state index contributed by atoms with van der Waals surface area (Å²) in [5.41, 5.74) is 0. The van der Waals surface area contributed by atoms with E-state index in [1.54, 1.807) is 18.2 Å². The van der Waals surface area contributed by atoms with E-state index in [1.165, 1.54) is 6.42 Å². The fraction of sp³-hybridized carbons (Fsp3) is 0.538. The van der Waals surface area contributed by atoms with Crippen LogP contribution in [0.2, 0.25) is 10.0 Å². The Morgan fingerprint density at radius 3 is 2.76 bits per heavy atom. The molecule has 0 bridgehead atoms. The van der Waals surface area contributed by atoms with Gasteiger partial charge in [-0.15, -0.1) is 0 Å². The van der Waals surface area contributed by atoms with Gasteiger partial charge in [0.15, 0.2) is 0 Å². The molecule has 0 aliphatic rings. The van der Waals surface area contributed by atoms with Crippen molar-refractivity contribution in [1.29, 1.82) is 0 Å². The average Bonchev–Trinajstić information content (AvgIpc) is 2.32. The van der Waals surface area contributed by atoms with Crippen LogP contribution >= 0.6 is 23.2 Å². The first-order valence-corrected chi connectivity index (χ1v) is 6.78. The lowest BCUT2D eigenvalue weighted by molar-refractivity contribution is 0.305. The standard InChI is InChI=1S/C13H19Cl2NO/c1-2-16-8-4-3-5-9-17-13-10-11(14)6-7-12(13)15/h6-7,10,16H,2-5,8-9H2,1H3. The van der Waals surface area contributed by atoms with Crippen LogP contribution < -0.4 is 10.1 Å². The summed E-state index contributed by atoms with van der Waals surface area (Å²) in [5.74, 6) is 0.672. The summed E-state index contributed by atoms with van der Waals surface area (Å²) < 4.78 is 5.59. The Balaban J connectivity index is 2.15. The molecule has 1 aromatic rings.